The van der Waals surface area contributed by atoms with Crippen molar-refractivity contribution < 1.29 is 0 Å². The van der Waals surface area contributed by atoms with Gasteiger partial charge in [-0.3, -0.25) is 0 Å². The molecule has 0 bridgehead atoms. The van der Waals surface area contributed by atoms with E-state index in [2.05, 4.69) is 164 Å². The molecule has 1 N–H and O–H groups in total. The maximum absolute atomic E-state index is 3.76. The van der Waals surface area contributed by atoms with Crippen molar-refractivity contribution in [3.8, 4) is 44.5 Å². The summed E-state index contributed by atoms with van der Waals surface area (Å²) in [5.74, 6) is 0. The van der Waals surface area contributed by atoms with Crippen LogP contribution in [0, 0.1) is 0 Å². The molecule has 1 heterocycles. The summed E-state index contributed by atoms with van der Waals surface area (Å²) in [6.45, 7) is 4.67. The molecule has 1 aliphatic carbocycles. The molecule has 44 heavy (non-hydrogen) atoms. The number of H-pyrrole nitrogens is 1. The second kappa shape index (κ2) is 9.30. The molecule has 8 aromatic rings. The summed E-state index contributed by atoms with van der Waals surface area (Å²) in [7, 11) is 0. The minimum atomic E-state index is 0.0219. The zero-order valence-electron chi connectivity index (χ0n) is 24.9. The summed E-state index contributed by atoms with van der Waals surface area (Å²) in [5.41, 5.74) is 15.3. The SMILES string of the molecule is CC1(C)c2ccccc2-c2cc(-c3cccc(-c4cccc(-c5cccc6c5[nH]c5cc7ccccc7cc56)c4)c3)ccc21. The summed E-state index contributed by atoms with van der Waals surface area (Å²) in [5, 5.41) is 5.05. The molecular formula is C43H31N. The monoisotopic (exact) mass is 561 g/mol. The molecule has 0 atom stereocenters. The number of benzene rings is 7. The molecular weight excluding hydrogens is 530 g/mol. The maximum atomic E-state index is 3.76. The van der Waals surface area contributed by atoms with Gasteiger partial charge in [-0.25, -0.2) is 0 Å². The standard InChI is InChI=1S/C43H31N/c1-43(2)39-19-6-5-16-35(39)37-24-32(20-21-40(37)43)28-13-7-12-27(22-28)29-14-8-15-33(23-29)34-17-9-18-36-38-25-30-10-3-4-11-31(30)26-41(38)44-42(34)36/h3-26,44H,1-2H3. The van der Waals surface area contributed by atoms with Gasteiger partial charge in [-0.1, -0.05) is 129 Å². The Morgan fingerprint density at radius 2 is 1.00 bits per heavy atom. The quantitative estimate of drug-likeness (QED) is 0.221. The molecule has 7 aromatic carbocycles. The second-order valence-electron chi connectivity index (χ2n) is 12.7. The fourth-order valence-corrected chi connectivity index (χ4v) is 7.50. The predicted octanol–water partition coefficient (Wildman–Crippen LogP) is 11.8. The van der Waals surface area contributed by atoms with Gasteiger partial charge in [0.15, 0.2) is 0 Å². The van der Waals surface area contributed by atoms with Gasteiger partial charge in [-0.2, -0.15) is 0 Å². The Labute approximate surface area is 257 Å². The van der Waals surface area contributed by atoms with Crippen molar-refractivity contribution in [2.24, 2.45) is 0 Å². The number of nitrogens with one attached hydrogen (secondary N) is 1. The van der Waals surface area contributed by atoms with Crippen molar-refractivity contribution in [1.29, 1.82) is 0 Å². The number of hydrogen-bond acceptors (Lipinski definition) is 0. The highest BCUT2D eigenvalue weighted by Gasteiger charge is 2.35. The van der Waals surface area contributed by atoms with Crippen LogP contribution in [0.1, 0.15) is 25.0 Å². The fourth-order valence-electron chi connectivity index (χ4n) is 7.50. The van der Waals surface area contributed by atoms with E-state index in [0.717, 1.165) is 0 Å². The fraction of sp³-hybridized carbons (Fsp3) is 0.0698. The lowest BCUT2D eigenvalue weighted by atomic mass is 9.82. The maximum Gasteiger partial charge on any atom is 0.0544 e. The summed E-state index contributed by atoms with van der Waals surface area (Å²) in [6, 6.07) is 53.6. The van der Waals surface area contributed by atoms with Crippen LogP contribution in [-0.2, 0) is 5.41 Å². The van der Waals surface area contributed by atoms with Crippen LogP contribution in [-0.4, -0.2) is 4.98 Å². The van der Waals surface area contributed by atoms with Crippen molar-refractivity contribution in [1.82, 2.24) is 4.98 Å². The van der Waals surface area contributed by atoms with Crippen LogP contribution in [0.4, 0.5) is 0 Å². The van der Waals surface area contributed by atoms with E-state index in [1.807, 2.05) is 0 Å². The highest BCUT2D eigenvalue weighted by molar-refractivity contribution is 6.15. The number of aromatic amines is 1. The van der Waals surface area contributed by atoms with Crippen LogP contribution < -0.4 is 0 Å². The van der Waals surface area contributed by atoms with Gasteiger partial charge >= 0.3 is 0 Å². The van der Waals surface area contributed by atoms with Crippen LogP contribution in [0.25, 0.3) is 77.1 Å². The lowest BCUT2D eigenvalue weighted by Crippen LogP contribution is -2.14. The van der Waals surface area contributed by atoms with Crippen molar-refractivity contribution in [2.75, 3.05) is 0 Å². The zero-order chi connectivity index (χ0) is 29.4. The first-order chi connectivity index (χ1) is 21.5. The zero-order valence-corrected chi connectivity index (χ0v) is 24.9. The summed E-state index contributed by atoms with van der Waals surface area (Å²) in [6.07, 6.45) is 0. The van der Waals surface area contributed by atoms with E-state index >= 15 is 0 Å². The molecule has 208 valence electrons. The number of aromatic nitrogens is 1. The molecule has 0 spiro atoms. The molecule has 0 aliphatic heterocycles. The number of fused-ring (bicyclic) bond motifs is 7. The van der Waals surface area contributed by atoms with Crippen LogP contribution in [0.15, 0.2) is 146 Å². The normalized spacial score (nSPS) is 13.4. The third-order valence-electron chi connectivity index (χ3n) is 9.79. The molecule has 0 radical (unpaired) electrons. The second-order valence-corrected chi connectivity index (χ2v) is 12.7. The van der Waals surface area contributed by atoms with E-state index in [-0.39, 0.29) is 5.41 Å². The molecule has 0 fully saturated rings. The molecule has 0 saturated heterocycles. The van der Waals surface area contributed by atoms with Crippen molar-refractivity contribution >= 4 is 32.6 Å². The first kappa shape index (κ1) is 25.1. The Balaban J connectivity index is 1.13. The molecule has 1 aromatic heterocycles. The molecule has 0 saturated carbocycles. The first-order valence-corrected chi connectivity index (χ1v) is 15.4. The molecule has 1 aliphatic rings. The average Bonchev–Trinajstić information content (AvgIpc) is 3.55. The van der Waals surface area contributed by atoms with Gasteiger partial charge in [0, 0.05) is 27.3 Å². The predicted molar refractivity (Wildman–Crippen MR) is 187 cm³/mol. The van der Waals surface area contributed by atoms with Gasteiger partial charge < -0.3 is 4.98 Å². The Hall–Kier alpha value is -5.40. The Morgan fingerprint density at radius 3 is 1.80 bits per heavy atom. The molecule has 1 heteroatoms. The van der Waals surface area contributed by atoms with E-state index < -0.39 is 0 Å². The van der Waals surface area contributed by atoms with Gasteiger partial charge in [0.25, 0.3) is 0 Å². The molecule has 9 rings (SSSR count). The van der Waals surface area contributed by atoms with Crippen LogP contribution >= 0.6 is 0 Å². The van der Waals surface area contributed by atoms with Crippen LogP contribution in [0.2, 0.25) is 0 Å². The van der Waals surface area contributed by atoms with E-state index in [4.69, 9.17) is 0 Å². The van der Waals surface area contributed by atoms with Gasteiger partial charge in [0.2, 0.25) is 0 Å². The van der Waals surface area contributed by atoms with Crippen molar-refractivity contribution in [2.45, 2.75) is 19.3 Å². The van der Waals surface area contributed by atoms with Crippen LogP contribution in [0.5, 0.6) is 0 Å². The molecule has 0 unspecified atom stereocenters. The lowest BCUT2D eigenvalue weighted by Gasteiger charge is -2.21. The van der Waals surface area contributed by atoms with Gasteiger partial charge in [0.1, 0.15) is 0 Å². The number of rotatable bonds is 3. The summed E-state index contributed by atoms with van der Waals surface area (Å²) < 4.78 is 0. The lowest BCUT2D eigenvalue weighted by molar-refractivity contribution is 0.660. The highest BCUT2D eigenvalue weighted by atomic mass is 14.7. The topological polar surface area (TPSA) is 15.8 Å². The van der Waals surface area contributed by atoms with Gasteiger partial charge in [0.05, 0.1) is 5.52 Å². The summed E-state index contributed by atoms with van der Waals surface area (Å²) in [4.78, 5) is 3.76. The molecule has 0 amide bonds. The third-order valence-corrected chi connectivity index (χ3v) is 9.79. The van der Waals surface area contributed by atoms with E-state index in [9.17, 15) is 0 Å². The molecule has 1 nitrogen and oxygen atoms in total. The Bertz CT molecular complexity index is 2420. The van der Waals surface area contributed by atoms with E-state index in [1.165, 1.54) is 88.2 Å². The van der Waals surface area contributed by atoms with Gasteiger partial charge in [-0.05, 0) is 91.2 Å². The smallest absolute Gasteiger partial charge is 0.0544 e. The third kappa shape index (κ3) is 3.72. The average molecular weight is 562 g/mol. The van der Waals surface area contributed by atoms with Crippen molar-refractivity contribution in [3.05, 3.63) is 157 Å². The summed E-state index contributed by atoms with van der Waals surface area (Å²) >= 11 is 0. The van der Waals surface area contributed by atoms with E-state index in [1.54, 1.807) is 0 Å². The Morgan fingerprint density at radius 1 is 0.409 bits per heavy atom. The van der Waals surface area contributed by atoms with E-state index in [0.29, 0.717) is 0 Å². The number of para-hydroxylation sites is 1. The minimum absolute atomic E-state index is 0.0219. The Kier molecular flexibility index (Phi) is 5.31. The first-order valence-electron chi connectivity index (χ1n) is 15.4. The minimum Gasteiger partial charge on any atom is -0.354 e. The van der Waals surface area contributed by atoms with Gasteiger partial charge in [-0.15, -0.1) is 0 Å². The largest absolute Gasteiger partial charge is 0.354 e. The van der Waals surface area contributed by atoms with Crippen molar-refractivity contribution in [3.63, 3.8) is 0 Å². The van der Waals surface area contributed by atoms with Crippen LogP contribution in [0.3, 0.4) is 0 Å². The number of hydrogen-bond donors (Lipinski definition) is 1. The highest BCUT2D eigenvalue weighted by Crippen LogP contribution is 2.49.